The topological polar surface area (TPSA) is 46.9 Å². The van der Waals surface area contributed by atoms with Gasteiger partial charge in [0.05, 0.1) is 11.9 Å². The highest BCUT2D eigenvalue weighted by molar-refractivity contribution is 9.10. The van der Waals surface area contributed by atoms with Gasteiger partial charge in [0.2, 0.25) is 0 Å². The molecule has 4 nitrogen and oxygen atoms in total. The second kappa shape index (κ2) is 5.21. The molecule has 2 rings (SSSR count). The Kier molecular flexibility index (Phi) is 3.86. The molecule has 1 unspecified atom stereocenters. The van der Waals surface area contributed by atoms with Crippen LogP contribution in [0.2, 0.25) is 0 Å². The Labute approximate surface area is 110 Å². The average Bonchev–Trinajstić information content (AvgIpc) is 3.09. The first-order valence-electron chi connectivity index (χ1n) is 6.14. The van der Waals surface area contributed by atoms with Crippen LogP contribution in [0.25, 0.3) is 0 Å². The fourth-order valence-electron chi connectivity index (χ4n) is 1.97. The molecule has 17 heavy (non-hydrogen) atoms. The zero-order valence-corrected chi connectivity index (χ0v) is 11.8. The van der Waals surface area contributed by atoms with Gasteiger partial charge in [0.25, 0.3) is 5.56 Å². The van der Waals surface area contributed by atoms with Crippen molar-refractivity contribution < 1.29 is 0 Å². The first kappa shape index (κ1) is 12.6. The van der Waals surface area contributed by atoms with Gasteiger partial charge in [-0.25, -0.2) is 4.68 Å². The van der Waals surface area contributed by atoms with E-state index in [-0.39, 0.29) is 5.56 Å². The van der Waals surface area contributed by atoms with Crippen LogP contribution in [-0.4, -0.2) is 15.8 Å². The third kappa shape index (κ3) is 3.09. The number of anilines is 1. The fourth-order valence-corrected chi connectivity index (χ4v) is 2.39. The van der Waals surface area contributed by atoms with Gasteiger partial charge in [0, 0.05) is 12.6 Å². The summed E-state index contributed by atoms with van der Waals surface area (Å²) >= 11 is 3.35. The van der Waals surface area contributed by atoms with Gasteiger partial charge in [-0.2, -0.15) is 5.10 Å². The van der Waals surface area contributed by atoms with E-state index in [1.54, 1.807) is 6.20 Å². The third-order valence-electron chi connectivity index (χ3n) is 3.07. The van der Waals surface area contributed by atoms with Crippen molar-refractivity contribution in [3.63, 3.8) is 0 Å². The number of aromatic nitrogens is 2. The van der Waals surface area contributed by atoms with Crippen molar-refractivity contribution >= 4 is 21.6 Å². The first-order chi connectivity index (χ1) is 8.11. The van der Waals surface area contributed by atoms with Gasteiger partial charge in [0.1, 0.15) is 4.47 Å². The standard InChI is InChI=1S/C12H18BrN3O/c1-3-16-12(17)11(13)10(7-14-16)15-8(2)6-9-4-5-9/h7-9,15H,3-6H2,1-2H3. The van der Waals surface area contributed by atoms with E-state index >= 15 is 0 Å². The van der Waals surface area contributed by atoms with Crippen molar-refractivity contribution in [1.29, 1.82) is 0 Å². The number of halogens is 1. The monoisotopic (exact) mass is 299 g/mol. The Bertz CT molecular complexity index is 454. The maximum absolute atomic E-state index is 11.9. The molecular formula is C12H18BrN3O. The molecule has 1 saturated carbocycles. The van der Waals surface area contributed by atoms with Crippen LogP contribution < -0.4 is 10.9 Å². The van der Waals surface area contributed by atoms with E-state index in [0.717, 1.165) is 11.6 Å². The van der Waals surface area contributed by atoms with Gasteiger partial charge < -0.3 is 5.32 Å². The van der Waals surface area contributed by atoms with Crippen LogP contribution in [0.15, 0.2) is 15.5 Å². The lowest BCUT2D eigenvalue weighted by molar-refractivity contribution is 0.607. The first-order valence-corrected chi connectivity index (χ1v) is 6.93. The van der Waals surface area contributed by atoms with Gasteiger partial charge in [-0.05, 0) is 42.1 Å². The van der Waals surface area contributed by atoms with Gasteiger partial charge in [-0.15, -0.1) is 0 Å². The summed E-state index contributed by atoms with van der Waals surface area (Å²) in [5.41, 5.74) is 0.726. The maximum atomic E-state index is 11.9. The predicted molar refractivity (Wildman–Crippen MR) is 72.3 cm³/mol. The van der Waals surface area contributed by atoms with Crippen LogP contribution in [0, 0.1) is 5.92 Å². The summed E-state index contributed by atoms with van der Waals surface area (Å²) in [5, 5.41) is 7.47. The quantitative estimate of drug-likeness (QED) is 0.909. The molecule has 0 aromatic carbocycles. The zero-order valence-electron chi connectivity index (χ0n) is 10.2. The van der Waals surface area contributed by atoms with E-state index in [0.29, 0.717) is 17.1 Å². The number of aryl methyl sites for hydroxylation is 1. The van der Waals surface area contributed by atoms with E-state index in [1.807, 2.05) is 6.92 Å². The second-order valence-corrected chi connectivity index (χ2v) is 5.51. The number of hydrogen-bond acceptors (Lipinski definition) is 3. The van der Waals surface area contributed by atoms with Crippen molar-refractivity contribution in [3.8, 4) is 0 Å². The Hall–Kier alpha value is -0.840. The largest absolute Gasteiger partial charge is 0.380 e. The van der Waals surface area contributed by atoms with Gasteiger partial charge in [0.15, 0.2) is 0 Å². The highest BCUT2D eigenvalue weighted by Crippen LogP contribution is 2.34. The highest BCUT2D eigenvalue weighted by atomic mass is 79.9. The fraction of sp³-hybridized carbons (Fsp3) is 0.667. The summed E-state index contributed by atoms with van der Waals surface area (Å²) in [7, 11) is 0. The molecule has 1 atom stereocenters. The predicted octanol–water partition coefficient (Wildman–Crippen LogP) is 2.63. The molecule has 0 saturated heterocycles. The van der Waals surface area contributed by atoms with E-state index < -0.39 is 0 Å². The van der Waals surface area contributed by atoms with Crippen LogP contribution >= 0.6 is 15.9 Å². The van der Waals surface area contributed by atoms with Gasteiger partial charge in [-0.1, -0.05) is 12.8 Å². The number of rotatable bonds is 5. The molecule has 1 fully saturated rings. The van der Waals surface area contributed by atoms with Crippen molar-refractivity contribution in [3.05, 3.63) is 21.0 Å². The molecule has 0 aliphatic heterocycles. The molecule has 0 radical (unpaired) electrons. The second-order valence-electron chi connectivity index (χ2n) is 4.72. The molecule has 1 aromatic rings. The van der Waals surface area contributed by atoms with E-state index in [4.69, 9.17) is 0 Å². The van der Waals surface area contributed by atoms with Crippen molar-refractivity contribution in [1.82, 2.24) is 9.78 Å². The minimum absolute atomic E-state index is 0.0730. The minimum Gasteiger partial charge on any atom is -0.380 e. The van der Waals surface area contributed by atoms with Crippen LogP contribution in [0.4, 0.5) is 5.69 Å². The Morgan fingerprint density at radius 1 is 1.65 bits per heavy atom. The van der Waals surface area contributed by atoms with Crippen molar-refractivity contribution in [2.45, 2.75) is 45.7 Å². The molecule has 1 heterocycles. The van der Waals surface area contributed by atoms with Gasteiger partial charge >= 0.3 is 0 Å². The van der Waals surface area contributed by atoms with Crippen LogP contribution in [-0.2, 0) is 6.54 Å². The SMILES string of the molecule is CCn1ncc(NC(C)CC2CC2)c(Br)c1=O. The number of nitrogens with one attached hydrogen (secondary N) is 1. The lowest BCUT2D eigenvalue weighted by atomic mass is 10.1. The number of nitrogens with zero attached hydrogens (tertiary/aromatic N) is 2. The van der Waals surface area contributed by atoms with Crippen LogP contribution in [0.3, 0.4) is 0 Å². The zero-order chi connectivity index (χ0) is 12.4. The summed E-state index contributed by atoms with van der Waals surface area (Å²) in [6.07, 6.45) is 5.59. The van der Waals surface area contributed by atoms with Crippen LogP contribution in [0.5, 0.6) is 0 Å². The summed E-state index contributed by atoms with van der Waals surface area (Å²) in [6.45, 7) is 4.65. The summed E-state index contributed by atoms with van der Waals surface area (Å²) in [6, 6.07) is 0.387. The lowest BCUT2D eigenvalue weighted by Gasteiger charge is -2.16. The van der Waals surface area contributed by atoms with Crippen molar-refractivity contribution in [2.24, 2.45) is 5.92 Å². The summed E-state index contributed by atoms with van der Waals surface area (Å²) < 4.78 is 2.03. The molecule has 1 aromatic heterocycles. The summed E-state index contributed by atoms with van der Waals surface area (Å²) in [4.78, 5) is 11.9. The smallest absolute Gasteiger partial charge is 0.283 e. The Morgan fingerprint density at radius 2 is 2.35 bits per heavy atom. The molecule has 0 bridgehead atoms. The lowest BCUT2D eigenvalue weighted by Crippen LogP contribution is -2.25. The van der Waals surface area contributed by atoms with Crippen molar-refractivity contribution in [2.75, 3.05) is 5.32 Å². The average molecular weight is 300 g/mol. The van der Waals surface area contributed by atoms with E-state index in [9.17, 15) is 4.79 Å². The Morgan fingerprint density at radius 3 is 2.94 bits per heavy atom. The molecular weight excluding hydrogens is 282 g/mol. The van der Waals surface area contributed by atoms with Crippen LogP contribution in [0.1, 0.15) is 33.1 Å². The van der Waals surface area contributed by atoms with E-state index in [2.05, 4.69) is 33.3 Å². The van der Waals surface area contributed by atoms with E-state index in [1.165, 1.54) is 23.9 Å². The number of hydrogen-bond donors (Lipinski definition) is 1. The Balaban J connectivity index is 2.09. The summed E-state index contributed by atoms with van der Waals surface area (Å²) in [5.74, 6) is 0.875. The van der Waals surface area contributed by atoms with Gasteiger partial charge in [-0.3, -0.25) is 4.79 Å². The maximum Gasteiger partial charge on any atom is 0.283 e. The molecule has 1 aliphatic carbocycles. The molecule has 0 amide bonds. The normalized spacial score (nSPS) is 16.9. The molecule has 1 aliphatic rings. The molecule has 94 valence electrons. The third-order valence-corrected chi connectivity index (χ3v) is 3.84. The molecule has 0 spiro atoms. The molecule has 1 N–H and O–H groups in total. The molecule has 5 heteroatoms. The minimum atomic E-state index is -0.0730. The highest BCUT2D eigenvalue weighted by Gasteiger charge is 2.23.